The van der Waals surface area contributed by atoms with Crippen molar-refractivity contribution in [1.82, 2.24) is 0 Å². The quantitative estimate of drug-likeness (QED) is 0.850. The molecule has 2 unspecified atom stereocenters. The molecule has 3 atom stereocenters. The fraction of sp³-hybridized carbons (Fsp3) is 0.429. The van der Waals surface area contributed by atoms with E-state index < -0.39 is 17.7 Å². The first-order valence-corrected chi connectivity index (χ1v) is 6.27. The Balaban J connectivity index is 2.10. The van der Waals surface area contributed by atoms with Crippen LogP contribution in [0.4, 0.5) is 4.39 Å². The SMILES string of the molecule is CCC(=O)c1ccc(F)c2c1OCC1C2[C@@H]1C(=O)O. The van der Waals surface area contributed by atoms with Gasteiger partial charge in [0.1, 0.15) is 11.6 Å². The van der Waals surface area contributed by atoms with Crippen molar-refractivity contribution in [3.8, 4) is 5.75 Å². The van der Waals surface area contributed by atoms with Crippen LogP contribution in [0.2, 0.25) is 0 Å². The van der Waals surface area contributed by atoms with E-state index in [9.17, 15) is 14.0 Å². The Hall–Kier alpha value is -1.91. The standard InChI is InChI=1S/C14H13FO4/c1-2-9(16)6-3-4-8(15)12-10-7(5-19-13(6)12)11(10)14(17)18/h3-4,7,10-11H,2,5H2,1H3,(H,17,18)/t7?,10?,11-/m1/s1. The van der Waals surface area contributed by atoms with Gasteiger partial charge in [-0.2, -0.15) is 0 Å². The average molecular weight is 264 g/mol. The van der Waals surface area contributed by atoms with Crippen molar-refractivity contribution in [1.29, 1.82) is 0 Å². The summed E-state index contributed by atoms with van der Waals surface area (Å²) in [6, 6.07) is 2.64. The predicted octanol–water partition coefficient (Wildman–Crippen LogP) is 2.22. The van der Waals surface area contributed by atoms with Crippen molar-refractivity contribution in [2.45, 2.75) is 19.3 Å². The van der Waals surface area contributed by atoms with Gasteiger partial charge in [0.2, 0.25) is 0 Å². The number of ketones is 1. The Bertz CT molecular complexity index is 581. The second-order valence-corrected chi connectivity index (χ2v) is 4.98. The number of rotatable bonds is 3. The summed E-state index contributed by atoms with van der Waals surface area (Å²) in [6.45, 7) is 1.96. The second kappa shape index (κ2) is 4.05. The molecule has 1 aromatic carbocycles. The van der Waals surface area contributed by atoms with Crippen LogP contribution in [0, 0.1) is 17.7 Å². The highest BCUT2D eigenvalue weighted by Crippen LogP contribution is 2.60. The number of benzene rings is 1. The van der Waals surface area contributed by atoms with E-state index in [0.717, 1.165) is 0 Å². The van der Waals surface area contributed by atoms with Gasteiger partial charge in [-0.1, -0.05) is 6.92 Å². The molecule has 0 saturated heterocycles. The number of halogens is 1. The molecule has 0 amide bonds. The Labute approximate surface area is 109 Å². The first-order valence-electron chi connectivity index (χ1n) is 6.27. The summed E-state index contributed by atoms with van der Waals surface area (Å²) in [6.07, 6.45) is 0.303. The zero-order valence-electron chi connectivity index (χ0n) is 10.4. The molecule has 4 nitrogen and oxygen atoms in total. The maximum absolute atomic E-state index is 13.9. The number of Topliss-reactive ketones (excluding diaryl/α,β-unsaturated/α-hetero) is 1. The first-order chi connectivity index (χ1) is 9.06. The van der Waals surface area contributed by atoms with E-state index >= 15 is 0 Å². The third kappa shape index (κ3) is 1.64. The second-order valence-electron chi connectivity index (χ2n) is 4.98. The zero-order valence-corrected chi connectivity index (χ0v) is 10.4. The highest BCUT2D eigenvalue weighted by molar-refractivity contribution is 5.99. The maximum atomic E-state index is 13.9. The maximum Gasteiger partial charge on any atom is 0.307 e. The van der Waals surface area contributed by atoms with E-state index in [1.807, 2.05) is 0 Å². The van der Waals surface area contributed by atoms with Crippen molar-refractivity contribution in [3.05, 3.63) is 29.1 Å². The molecule has 3 rings (SSSR count). The Morgan fingerprint density at radius 2 is 2.21 bits per heavy atom. The molecule has 19 heavy (non-hydrogen) atoms. The molecule has 5 heteroatoms. The van der Waals surface area contributed by atoms with Gasteiger partial charge < -0.3 is 9.84 Å². The molecular formula is C14H13FO4. The van der Waals surface area contributed by atoms with E-state index in [-0.39, 0.29) is 35.5 Å². The molecule has 0 spiro atoms. The van der Waals surface area contributed by atoms with E-state index in [4.69, 9.17) is 9.84 Å². The van der Waals surface area contributed by atoms with Gasteiger partial charge in [-0.25, -0.2) is 4.39 Å². The van der Waals surface area contributed by atoms with Gasteiger partial charge in [-0.05, 0) is 12.1 Å². The van der Waals surface area contributed by atoms with Gasteiger partial charge in [0.15, 0.2) is 5.78 Å². The molecule has 2 aliphatic rings. The van der Waals surface area contributed by atoms with Gasteiger partial charge in [-0.15, -0.1) is 0 Å². The lowest BCUT2D eigenvalue weighted by atomic mass is 9.97. The third-order valence-electron chi connectivity index (χ3n) is 3.97. The molecule has 0 bridgehead atoms. The van der Waals surface area contributed by atoms with Crippen molar-refractivity contribution >= 4 is 11.8 Å². The lowest BCUT2D eigenvalue weighted by Crippen LogP contribution is -2.14. The number of hydrogen-bond acceptors (Lipinski definition) is 3. The summed E-state index contributed by atoms with van der Waals surface area (Å²) in [4.78, 5) is 22.9. The Kier molecular flexibility index (Phi) is 2.59. The summed E-state index contributed by atoms with van der Waals surface area (Å²) in [5, 5.41) is 9.08. The topological polar surface area (TPSA) is 63.6 Å². The third-order valence-corrected chi connectivity index (χ3v) is 3.97. The van der Waals surface area contributed by atoms with E-state index in [2.05, 4.69) is 0 Å². The van der Waals surface area contributed by atoms with Gasteiger partial charge in [-0.3, -0.25) is 9.59 Å². The number of ether oxygens (including phenoxy) is 1. The smallest absolute Gasteiger partial charge is 0.307 e. The number of carbonyl (C=O) groups excluding carboxylic acids is 1. The number of carbonyl (C=O) groups is 2. The highest BCUT2D eigenvalue weighted by Gasteiger charge is 2.60. The minimum absolute atomic E-state index is 0.123. The van der Waals surface area contributed by atoms with Crippen molar-refractivity contribution in [2.24, 2.45) is 11.8 Å². The average Bonchev–Trinajstić information content (AvgIpc) is 3.12. The summed E-state index contributed by atoms with van der Waals surface area (Å²) < 4.78 is 19.4. The van der Waals surface area contributed by atoms with E-state index in [0.29, 0.717) is 12.0 Å². The van der Waals surface area contributed by atoms with Crippen LogP contribution < -0.4 is 4.74 Å². The lowest BCUT2D eigenvalue weighted by molar-refractivity contribution is -0.139. The lowest BCUT2D eigenvalue weighted by Gasteiger charge is -2.19. The largest absolute Gasteiger partial charge is 0.492 e. The zero-order chi connectivity index (χ0) is 13.7. The number of hydrogen-bond donors (Lipinski definition) is 1. The van der Waals surface area contributed by atoms with Crippen LogP contribution in [0.25, 0.3) is 0 Å². The van der Waals surface area contributed by atoms with E-state index in [1.165, 1.54) is 12.1 Å². The van der Waals surface area contributed by atoms with Crippen LogP contribution in [0.5, 0.6) is 5.75 Å². The van der Waals surface area contributed by atoms with Crippen molar-refractivity contribution in [3.63, 3.8) is 0 Å². The molecule has 1 fully saturated rings. The monoisotopic (exact) mass is 264 g/mol. The first kappa shape index (κ1) is 12.1. The minimum atomic E-state index is -0.932. The highest BCUT2D eigenvalue weighted by atomic mass is 19.1. The fourth-order valence-electron chi connectivity index (χ4n) is 2.94. The van der Waals surface area contributed by atoms with E-state index in [1.54, 1.807) is 6.92 Å². The molecule has 1 heterocycles. The van der Waals surface area contributed by atoms with Crippen LogP contribution in [0.1, 0.15) is 35.2 Å². The van der Waals surface area contributed by atoms with Gasteiger partial charge in [0.25, 0.3) is 0 Å². The Morgan fingerprint density at radius 1 is 1.47 bits per heavy atom. The predicted molar refractivity (Wildman–Crippen MR) is 63.9 cm³/mol. The van der Waals surface area contributed by atoms with Crippen LogP contribution in [0.15, 0.2) is 12.1 Å². The summed E-state index contributed by atoms with van der Waals surface area (Å²) in [5.41, 5.74) is 0.622. The van der Waals surface area contributed by atoms with Gasteiger partial charge >= 0.3 is 5.97 Å². The van der Waals surface area contributed by atoms with Crippen LogP contribution in [0.3, 0.4) is 0 Å². The Morgan fingerprint density at radius 3 is 2.84 bits per heavy atom. The molecule has 1 N–H and O–H groups in total. The molecular weight excluding hydrogens is 251 g/mol. The van der Waals surface area contributed by atoms with Crippen LogP contribution >= 0.6 is 0 Å². The number of aliphatic carboxylic acids is 1. The molecule has 1 saturated carbocycles. The normalized spacial score (nSPS) is 26.9. The molecule has 0 aromatic heterocycles. The molecule has 1 aromatic rings. The number of carboxylic acids is 1. The van der Waals surface area contributed by atoms with Gasteiger partial charge in [0.05, 0.1) is 18.1 Å². The van der Waals surface area contributed by atoms with Gasteiger partial charge in [0, 0.05) is 23.8 Å². The summed E-state index contributed by atoms with van der Waals surface area (Å²) >= 11 is 0. The minimum Gasteiger partial charge on any atom is -0.492 e. The molecule has 1 aliphatic carbocycles. The van der Waals surface area contributed by atoms with Crippen molar-refractivity contribution < 1.29 is 23.8 Å². The molecule has 100 valence electrons. The fourth-order valence-corrected chi connectivity index (χ4v) is 2.94. The summed E-state index contributed by atoms with van der Waals surface area (Å²) in [5.74, 6) is -2.42. The number of carboxylic acid groups (broad SMARTS) is 1. The van der Waals surface area contributed by atoms with Crippen LogP contribution in [-0.4, -0.2) is 23.5 Å². The van der Waals surface area contributed by atoms with Crippen molar-refractivity contribution in [2.75, 3.05) is 6.61 Å². The van der Waals surface area contributed by atoms with Crippen LogP contribution in [-0.2, 0) is 4.79 Å². The molecule has 0 radical (unpaired) electrons. The molecule has 1 aliphatic heterocycles. The summed E-state index contributed by atoms with van der Waals surface area (Å²) in [7, 11) is 0. The number of fused-ring (bicyclic) bond motifs is 3.